The summed E-state index contributed by atoms with van der Waals surface area (Å²) in [4.78, 5) is 11.8. The fraction of sp³-hybridized carbons (Fsp3) is 0.533. The molecular formula is C15H21ClO3. The summed E-state index contributed by atoms with van der Waals surface area (Å²) in [7, 11) is 0. The predicted octanol–water partition coefficient (Wildman–Crippen LogP) is 3.85. The minimum atomic E-state index is -0.265. The average Bonchev–Trinajstić information content (AvgIpc) is 2.31. The SMILES string of the molecule is CCOc1cc(C)c(Cl)c(C)c1CC(=O)OC(C)C. The van der Waals surface area contributed by atoms with Crippen LogP contribution in [0.1, 0.15) is 37.5 Å². The Kier molecular flexibility index (Phi) is 5.67. The number of carbonyl (C=O) groups is 1. The number of ether oxygens (including phenoxy) is 2. The van der Waals surface area contributed by atoms with Crippen LogP contribution in [0.4, 0.5) is 0 Å². The van der Waals surface area contributed by atoms with Crippen molar-refractivity contribution in [1.82, 2.24) is 0 Å². The Labute approximate surface area is 119 Å². The number of hydrogen-bond donors (Lipinski definition) is 0. The van der Waals surface area contributed by atoms with E-state index in [2.05, 4.69) is 0 Å². The molecular weight excluding hydrogens is 264 g/mol. The van der Waals surface area contributed by atoms with Gasteiger partial charge in [-0.3, -0.25) is 4.79 Å². The van der Waals surface area contributed by atoms with Crippen LogP contribution in [0, 0.1) is 13.8 Å². The topological polar surface area (TPSA) is 35.5 Å². The zero-order valence-corrected chi connectivity index (χ0v) is 12.9. The third-order valence-electron chi connectivity index (χ3n) is 2.76. The van der Waals surface area contributed by atoms with Crippen molar-refractivity contribution in [3.8, 4) is 5.75 Å². The largest absolute Gasteiger partial charge is 0.494 e. The molecule has 0 aliphatic rings. The van der Waals surface area contributed by atoms with Gasteiger partial charge in [0.25, 0.3) is 0 Å². The summed E-state index contributed by atoms with van der Waals surface area (Å²) in [5.74, 6) is 0.446. The van der Waals surface area contributed by atoms with E-state index in [1.165, 1.54) is 0 Å². The maximum atomic E-state index is 11.8. The Bertz CT molecular complexity index is 467. The van der Waals surface area contributed by atoms with Gasteiger partial charge in [-0.1, -0.05) is 11.6 Å². The number of aryl methyl sites for hydroxylation is 1. The highest BCUT2D eigenvalue weighted by molar-refractivity contribution is 6.32. The van der Waals surface area contributed by atoms with Crippen LogP contribution in [0.2, 0.25) is 5.02 Å². The van der Waals surface area contributed by atoms with Crippen LogP contribution in [0.25, 0.3) is 0 Å². The molecule has 1 aromatic rings. The molecule has 106 valence electrons. The summed E-state index contributed by atoms with van der Waals surface area (Å²) in [5, 5.41) is 0.677. The summed E-state index contributed by atoms with van der Waals surface area (Å²) < 4.78 is 10.8. The second kappa shape index (κ2) is 6.80. The Morgan fingerprint density at radius 1 is 1.37 bits per heavy atom. The first kappa shape index (κ1) is 15.8. The lowest BCUT2D eigenvalue weighted by molar-refractivity contribution is -0.146. The molecule has 0 bridgehead atoms. The molecule has 0 aliphatic heterocycles. The number of rotatable bonds is 5. The van der Waals surface area contributed by atoms with Crippen molar-refractivity contribution in [2.75, 3.05) is 6.61 Å². The van der Waals surface area contributed by atoms with Gasteiger partial charge in [-0.2, -0.15) is 0 Å². The van der Waals surface area contributed by atoms with E-state index in [4.69, 9.17) is 21.1 Å². The second-order valence-corrected chi connectivity index (χ2v) is 5.14. The molecule has 0 N–H and O–H groups in total. The molecule has 0 amide bonds. The molecule has 0 heterocycles. The molecule has 1 aromatic carbocycles. The number of carbonyl (C=O) groups excluding carboxylic acids is 1. The van der Waals surface area contributed by atoms with Gasteiger partial charge in [-0.05, 0) is 51.8 Å². The molecule has 0 aliphatic carbocycles. The summed E-state index contributed by atoms with van der Waals surface area (Å²) in [6, 6.07) is 1.87. The van der Waals surface area contributed by atoms with Gasteiger partial charge < -0.3 is 9.47 Å². The van der Waals surface area contributed by atoms with E-state index in [-0.39, 0.29) is 18.5 Å². The highest BCUT2D eigenvalue weighted by atomic mass is 35.5. The molecule has 0 spiro atoms. The molecule has 0 atom stereocenters. The lowest BCUT2D eigenvalue weighted by Gasteiger charge is -2.16. The second-order valence-electron chi connectivity index (χ2n) is 4.76. The van der Waals surface area contributed by atoms with E-state index in [1.54, 1.807) is 0 Å². The predicted molar refractivity (Wildman–Crippen MR) is 77.0 cm³/mol. The van der Waals surface area contributed by atoms with E-state index in [0.717, 1.165) is 16.7 Å². The fourth-order valence-corrected chi connectivity index (χ4v) is 2.08. The number of halogens is 1. The first-order valence-corrected chi connectivity index (χ1v) is 6.85. The van der Waals surface area contributed by atoms with Gasteiger partial charge in [0.2, 0.25) is 0 Å². The molecule has 3 nitrogen and oxygen atoms in total. The van der Waals surface area contributed by atoms with Crippen LogP contribution in [-0.4, -0.2) is 18.7 Å². The lowest BCUT2D eigenvalue weighted by atomic mass is 10.0. The molecule has 0 unspecified atom stereocenters. The quantitative estimate of drug-likeness (QED) is 0.771. The van der Waals surface area contributed by atoms with Crippen molar-refractivity contribution in [2.45, 2.75) is 47.1 Å². The van der Waals surface area contributed by atoms with E-state index in [9.17, 15) is 4.79 Å². The van der Waals surface area contributed by atoms with Crippen LogP contribution >= 0.6 is 11.6 Å². The van der Waals surface area contributed by atoms with Crippen LogP contribution < -0.4 is 4.74 Å². The van der Waals surface area contributed by atoms with Gasteiger partial charge in [0, 0.05) is 10.6 Å². The highest BCUT2D eigenvalue weighted by Crippen LogP contribution is 2.32. The van der Waals surface area contributed by atoms with E-state index in [0.29, 0.717) is 17.4 Å². The van der Waals surface area contributed by atoms with Gasteiger partial charge in [-0.15, -0.1) is 0 Å². The minimum absolute atomic E-state index is 0.121. The monoisotopic (exact) mass is 284 g/mol. The van der Waals surface area contributed by atoms with Crippen molar-refractivity contribution < 1.29 is 14.3 Å². The summed E-state index contributed by atoms with van der Waals surface area (Å²) in [6.07, 6.45) is 0.0589. The molecule has 0 saturated heterocycles. The molecule has 0 radical (unpaired) electrons. The maximum absolute atomic E-state index is 11.8. The van der Waals surface area contributed by atoms with Crippen LogP contribution in [0.3, 0.4) is 0 Å². The van der Waals surface area contributed by atoms with Crippen LogP contribution in [-0.2, 0) is 16.0 Å². The Morgan fingerprint density at radius 3 is 2.53 bits per heavy atom. The molecule has 1 rings (SSSR count). The normalized spacial score (nSPS) is 10.7. The zero-order valence-electron chi connectivity index (χ0n) is 12.2. The van der Waals surface area contributed by atoms with Gasteiger partial charge in [0.15, 0.2) is 0 Å². The van der Waals surface area contributed by atoms with E-state index >= 15 is 0 Å². The fourth-order valence-electron chi connectivity index (χ4n) is 1.91. The summed E-state index contributed by atoms with van der Waals surface area (Å²) >= 11 is 6.24. The summed E-state index contributed by atoms with van der Waals surface area (Å²) in [6.45, 7) is 9.94. The van der Waals surface area contributed by atoms with E-state index in [1.807, 2.05) is 40.7 Å². The van der Waals surface area contributed by atoms with Crippen LogP contribution in [0.15, 0.2) is 6.07 Å². The zero-order chi connectivity index (χ0) is 14.6. The lowest BCUT2D eigenvalue weighted by Crippen LogP contribution is -2.15. The Hall–Kier alpha value is -1.22. The molecule has 19 heavy (non-hydrogen) atoms. The smallest absolute Gasteiger partial charge is 0.310 e. The maximum Gasteiger partial charge on any atom is 0.310 e. The van der Waals surface area contributed by atoms with Crippen LogP contribution in [0.5, 0.6) is 5.75 Å². The third kappa shape index (κ3) is 4.13. The Morgan fingerprint density at radius 2 is 2.00 bits per heavy atom. The molecule has 0 fully saturated rings. The first-order chi connectivity index (χ1) is 8.86. The number of hydrogen-bond acceptors (Lipinski definition) is 3. The molecule has 0 aromatic heterocycles. The van der Waals surface area contributed by atoms with Gasteiger partial charge in [0.1, 0.15) is 5.75 Å². The van der Waals surface area contributed by atoms with Crippen molar-refractivity contribution >= 4 is 17.6 Å². The standard InChI is InChI=1S/C15H21ClO3/c1-6-18-13-7-10(4)15(16)11(5)12(13)8-14(17)19-9(2)3/h7,9H,6,8H2,1-5H3. The van der Waals surface area contributed by atoms with Crippen molar-refractivity contribution in [3.05, 3.63) is 27.8 Å². The van der Waals surface area contributed by atoms with Gasteiger partial charge >= 0.3 is 5.97 Å². The number of benzene rings is 1. The van der Waals surface area contributed by atoms with Crippen molar-refractivity contribution in [2.24, 2.45) is 0 Å². The minimum Gasteiger partial charge on any atom is -0.494 e. The molecule has 0 saturated carbocycles. The first-order valence-electron chi connectivity index (χ1n) is 6.47. The van der Waals surface area contributed by atoms with Gasteiger partial charge in [-0.25, -0.2) is 0 Å². The third-order valence-corrected chi connectivity index (χ3v) is 3.34. The summed E-state index contributed by atoms with van der Waals surface area (Å²) in [5.41, 5.74) is 2.64. The average molecular weight is 285 g/mol. The van der Waals surface area contributed by atoms with Gasteiger partial charge in [0.05, 0.1) is 19.1 Å². The number of esters is 1. The highest BCUT2D eigenvalue weighted by Gasteiger charge is 2.17. The Balaban J connectivity index is 3.09. The van der Waals surface area contributed by atoms with Crippen molar-refractivity contribution in [3.63, 3.8) is 0 Å². The van der Waals surface area contributed by atoms with E-state index < -0.39 is 0 Å². The van der Waals surface area contributed by atoms with Crippen molar-refractivity contribution in [1.29, 1.82) is 0 Å². The molecule has 4 heteroatoms.